The van der Waals surface area contributed by atoms with Crippen LogP contribution < -0.4 is 10.2 Å². The predicted molar refractivity (Wildman–Crippen MR) is 111 cm³/mol. The number of halogens is 3. The Labute approximate surface area is 172 Å². The molecule has 0 bridgehead atoms. The second kappa shape index (κ2) is 8.57. The Morgan fingerprint density at radius 2 is 1.96 bits per heavy atom. The fourth-order valence-corrected chi connectivity index (χ4v) is 3.73. The number of amides is 2. The van der Waals surface area contributed by atoms with Crippen LogP contribution in [0.4, 0.5) is 16.2 Å². The van der Waals surface area contributed by atoms with Crippen molar-refractivity contribution in [1.82, 2.24) is 9.29 Å². The standard InChI is InChI=1S/C17H17Cl3N4OS/c18-12-4-3-5-13(14(12)19)22-17(25)24(26)10-11-6-7-21-16(20)15(11)23-8-1-2-9-23/h3-7,26H,1-2,8-10H2,(H,22,25). The number of hydrogen-bond acceptors (Lipinski definition) is 4. The van der Waals surface area contributed by atoms with Crippen molar-refractivity contribution < 1.29 is 4.79 Å². The molecule has 1 fully saturated rings. The molecule has 26 heavy (non-hydrogen) atoms. The van der Waals surface area contributed by atoms with Crippen molar-refractivity contribution in [3.63, 3.8) is 0 Å². The number of hydrogen-bond donors (Lipinski definition) is 2. The molecule has 1 aromatic carbocycles. The third-order valence-corrected chi connectivity index (χ3v) is 5.55. The molecule has 0 aliphatic carbocycles. The third-order valence-electron chi connectivity index (χ3n) is 4.13. The second-order valence-corrected chi connectivity index (χ2v) is 7.52. The summed E-state index contributed by atoms with van der Waals surface area (Å²) in [5, 5.41) is 3.80. The summed E-state index contributed by atoms with van der Waals surface area (Å²) >= 11 is 22.7. The van der Waals surface area contributed by atoms with Crippen LogP contribution in [0.1, 0.15) is 18.4 Å². The van der Waals surface area contributed by atoms with Gasteiger partial charge in [-0.05, 0) is 31.0 Å². The molecule has 0 saturated carbocycles. The first-order valence-corrected chi connectivity index (χ1v) is 9.60. The highest BCUT2D eigenvalue weighted by Crippen LogP contribution is 2.33. The lowest BCUT2D eigenvalue weighted by Crippen LogP contribution is -2.28. The first-order valence-electron chi connectivity index (χ1n) is 8.07. The lowest BCUT2D eigenvalue weighted by molar-refractivity contribution is 0.238. The summed E-state index contributed by atoms with van der Waals surface area (Å²) in [6.07, 6.45) is 3.86. The minimum atomic E-state index is -0.419. The van der Waals surface area contributed by atoms with Crippen molar-refractivity contribution >= 4 is 65.0 Å². The minimum Gasteiger partial charge on any atom is -0.369 e. The Kier molecular flexibility index (Phi) is 6.40. The molecule has 138 valence electrons. The SMILES string of the molecule is O=C(Nc1cccc(Cl)c1Cl)N(S)Cc1ccnc(Cl)c1N1CCCC1. The molecule has 2 heterocycles. The number of thiol groups is 1. The highest BCUT2D eigenvalue weighted by Gasteiger charge is 2.22. The lowest BCUT2D eigenvalue weighted by atomic mass is 10.2. The summed E-state index contributed by atoms with van der Waals surface area (Å²) in [6.45, 7) is 2.12. The molecular formula is C17H17Cl3N4OS. The van der Waals surface area contributed by atoms with Gasteiger partial charge in [0, 0.05) is 24.8 Å². The molecule has 0 radical (unpaired) electrons. The molecular weight excluding hydrogens is 415 g/mol. The number of anilines is 2. The van der Waals surface area contributed by atoms with E-state index in [1.165, 1.54) is 4.31 Å². The Hall–Kier alpha value is -1.34. The van der Waals surface area contributed by atoms with Gasteiger partial charge in [-0.3, -0.25) is 4.31 Å². The van der Waals surface area contributed by atoms with E-state index in [1.807, 2.05) is 6.07 Å². The van der Waals surface area contributed by atoms with Crippen molar-refractivity contribution in [1.29, 1.82) is 0 Å². The van der Waals surface area contributed by atoms with E-state index in [9.17, 15) is 4.79 Å². The van der Waals surface area contributed by atoms with Crippen molar-refractivity contribution in [3.05, 3.63) is 51.2 Å². The minimum absolute atomic E-state index is 0.265. The number of carbonyl (C=O) groups excluding carboxylic acids is 1. The summed E-state index contributed by atoms with van der Waals surface area (Å²) in [5.41, 5.74) is 2.17. The van der Waals surface area contributed by atoms with Gasteiger partial charge in [-0.2, -0.15) is 0 Å². The topological polar surface area (TPSA) is 48.5 Å². The zero-order chi connectivity index (χ0) is 18.7. The van der Waals surface area contributed by atoms with Crippen LogP contribution in [0.15, 0.2) is 30.5 Å². The zero-order valence-corrected chi connectivity index (χ0v) is 16.9. The predicted octanol–water partition coefficient (Wildman–Crippen LogP) is 5.52. The molecule has 1 aliphatic heterocycles. The van der Waals surface area contributed by atoms with E-state index in [0.717, 1.165) is 37.2 Å². The number of carbonyl (C=O) groups is 1. The quantitative estimate of drug-likeness (QED) is 0.495. The molecule has 0 spiro atoms. The van der Waals surface area contributed by atoms with Gasteiger partial charge in [0.2, 0.25) is 0 Å². The van der Waals surface area contributed by atoms with Crippen molar-refractivity contribution in [2.75, 3.05) is 23.3 Å². The molecule has 1 aliphatic rings. The van der Waals surface area contributed by atoms with Gasteiger partial charge in [-0.15, -0.1) is 0 Å². The summed E-state index contributed by atoms with van der Waals surface area (Å²) in [6, 6.07) is 6.47. The molecule has 0 atom stereocenters. The van der Waals surface area contributed by atoms with Crippen LogP contribution in [-0.2, 0) is 6.54 Å². The van der Waals surface area contributed by atoms with E-state index in [0.29, 0.717) is 15.9 Å². The number of nitrogens with zero attached hydrogens (tertiary/aromatic N) is 3. The van der Waals surface area contributed by atoms with Crippen LogP contribution in [0.25, 0.3) is 0 Å². The Balaban J connectivity index is 1.75. The van der Waals surface area contributed by atoms with E-state index in [-0.39, 0.29) is 11.6 Å². The van der Waals surface area contributed by atoms with Crippen molar-refractivity contribution in [2.24, 2.45) is 0 Å². The van der Waals surface area contributed by atoms with Crippen LogP contribution in [0.5, 0.6) is 0 Å². The number of benzene rings is 1. The first kappa shape index (κ1) is 19.4. The molecule has 1 N–H and O–H groups in total. The second-order valence-electron chi connectivity index (χ2n) is 5.89. The van der Waals surface area contributed by atoms with E-state index in [2.05, 4.69) is 28.0 Å². The molecule has 0 unspecified atom stereocenters. The Morgan fingerprint density at radius 1 is 1.23 bits per heavy atom. The monoisotopic (exact) mass is 430 g/mol. The van der Waals surface area contributed by atoms with Crippen LogP contribution in [0, 0.1) is 0 Å². The maximum Gasteiger partial charge on any atom is 0.332 e. The van der Waals surface area contributed by atoms with E-state index in [4.69, 9.17) is 34.8 Å². The summed E-state index contributed by atoms with van der Waals surface area (Å²) in [7, 11) is 0. The first-order chi connectivity index (χ1) is 12.5. The summed E-state index contributed by atoms with van der Waals surface area (Å²) in [4.78, 5) is 18.8. The Morgan fingerprint density at radius 3 is 2.69 bits per heavy atom. The molecule has 9 heteroatoms. The highest BCUT2D eigenvalue weighted by atomic mass is 35.5. The normalized spacial score (nSPS) is 13.8. The van der Waals surface area contributed by atoms with Gasteiger partial charge in [0.25, 0.3) is 0 Å². The maximum atomic E-state index is 12.5. The van der Waals surface area contributed by atoms with Gasteiger partial charge in [-0.25, -0.2) is 9.78 Å². The van der Waals surface area contributed by atoms with Crippen molar-refractivity contribution in [3.8, 4) is 0 Å². The van der Waals surface area contributed by atoms with E-state index >= 15 is 0 Å². The lowest BCUT2D eigenvalue weighted by Gasteiger charge is -2.24. The van der Waals surface area contributed by atoms with Crippen LogP contribution >= 0.6 is 47.6 Å². The summed E-state index contributed by atoms with van der Waals surface area (Å²) < 4.78 is 1.27. The van der Waals surface area contributed by atoms with Gasteiger partial charge in [-0.1, -0.05) is 53.7 Å². The van der Waals surface area contributed by atoms with E-state index in [1.54, 1.807) is 24.4 Å². The number of aromatic nitrogens is 1. The molecule has 2 aromatic rings. The average molecular weight is 432 g/mol. The van der Waals surface area contributed by atoms with Crippen LogP contribution in [0.2, 0.25) is 15.2 Å². The van der Waals surface area contributed by atoms with Gasteiger partial charge in [0.05, 0.1) is 28.0 Å². The number of rotatable bonds is 4. The zero-order valence-electron chi connectivity index (χ0n) is 13.8. The Bertz CT molecular complexity index is 815. The molecule has 5 nitrogen and oxygen atoms in total. The van der Waals surface area contributed by atoms with Crippen LogP contribution in [-0.4, -0.2) is 28.4 Å². The van der Waals surface area contributed by atoms with Gasteiger partial charge >= 0.3 is 6.03 Å². The molecule has 3 rings (SSSR count). The van der Waals surface area contributed by atoms with Crippen LogP contribution in [0.3, 0.4) is 0 Å². The number of urea groups is 1. The largest absolute Gasteiger partial charge is 0.369 e. The number of pyridine rings is 1. The van der Waals surface area contributed by atoms with Gasteiger partial charge < -0.3 is 10.2 Å². The number of nitrogens with one attached hydrogen (secondary N) is 1. The average Bonchev–Trinajstić information content (AvgIpc) is 3.13. The molecule has 1 saturated heterocycles. The van der Waals surface area contributed by atoms with Gasteiger partial charge in [0.15, 0.2) is 5.15 Å². The maximum absolute atomic E-state index is 12.5. The van der Waals surface area contributed by atoms with Crippen molar-refractivity contribution in [2.45, 2.75) is 19.4 Å². The molecule has 2 amide bonds. The summed E-state index contributed by atoms with van der Waals surface area (Å²) in [5.74, 6) is 0. The highest BCUT2D eigenvalue weighted by molar-refractivity contribution is 7.78. The van der Waals surface area contributed by atoms with E-state index < -0.39 is 6.03 Å². The third kappa shape index (κ3) is 4.31. The van der Waals surface area contributed by atoms with Gasteiger partial charge in [0.1, 0.15) is 0 Å². The smallest absolute Gasteiger partial charge is 0.332 e. The fraction of sp³-hybridized carbons (Fsp3) is 0.294. The molecule has 1 aromatic heterocycles. The fourth-order valence-electron chi connectivity index (χ4n) is 2.88.